The molecule has 0 aromatic heterocycles. The van der Waals surface area contributed by atoms with E-state index in [1.165, 1.54) is 0 Å². The third kappa shape index (κ3) is 13.3. The van der Waals surface area contributed by atoms with E-state index < -0.39 is 0 Å². The second-order valence-corrected chi connectivity index (χ2v) is 2.02. The summed E-state index contributed by atoms with van der Waals surface area (Å²) in [5.74, 6) is 0. The summed E-state index contributed by atoms with van der Waals surface area (Å²) >= 11 is 0. The van der Waals surface area contributed by atoms with Crippen molar-refractivity contribution in [2.45, 2.75) is 0 Å². The van der Waals surface area contributed by atoms with Crippen LogP contribution in [0, 0.1) is 0 Å². The molecule has 0 heterocycles. The monoisotopic (exact) mass is 231 g/mol. The van der Waals surface area contributed by atoms with Crippen LogP contribution in [-0.4, -0.2) is 11.6 Å². The third-order valence-electron chi connectivity index (χ3n) is 1.11. The van der Waals surface area contributed by atoms with Crippen LogP contribution in [0.2, 0.25) is 0 Å². The molecule has 0 unspecified atom stereocenters. The van der Waals surface area contributed by atoms with Gasteiger partial charge in [0.25, 0.3) is 0 Å². The summed E-state index contributed by atoms with van der Waals surface area (Å²) in [7, 11) is 0. The van der Waals surface area contributed by atoms with E-state index in [0.717, 1.165) is 0 Å². The molecule has 0 fully saturated rings. The van der Waals surface area contributed by atoms with Gasteiger partial charge in [0.15, 0.2) is 0 Å². The van der Waals surface area contributed by atoms with Gasteiger partial charge in [-0.2, -0.15) is 36.4 Å². The largest absolute Gasteiger partial charge is 3.00 e. The molecule has 14 heavy (non-hydrogen) atoms. The van der Waals surface area contributed by atoms with Crippen molar-refractivity contribution in [1.82, 2.24) is 0 Å². The fourth-order valence-corrected chi connectivity index (χ4v) is 0.642. The first-order valence-corrected chi connectivity index (χ1v) is 3.76. The molecule has 1 radical (unpaired) electrons. The molecular weight excluding hydrogens is 220 g/mol. The average molecular weight is 231 g/mol. The van der Waals surface area contributed by atoms with Crippen molar-refractivity contribution in [1.29, 1.82) is 0 Å². The van der Waals surface area contributed by atoms with Gasteiger partial charge in [0.1, 0.15) is 0 Å². The van der Waals surface area contributed by atoms with Crippen LogP contribution in [0.5, 0.6) is 0 Å². The molecule has 0 aliphatic heterocycles. The van der Waals surface area contributed by atoms with Gasteiger partial charge in [-0.3, -0.25) is 0 Å². The van der Waals surface area contributed by atoms with E-state index in [-0.39, 0.29) is 17.1 Å². The van der Waals surface area contributed by atoms with Crippen LogP contribution in [0.1, 0.15) is 0 Å². The Bertz CT molecular complexity index is 188. The van der Waals surface area contributed by atoms with Crippen molar-refractivity contribution in [3.63, 3.8) is 0 Å². The minimum atomic E-state index is 0. The van der Waals surface area contributed by atoms with Crippen LogP contribution in [0.3, 0.4) is 0 Å². The molecule has 3 heteroatoms. The van der Waals surface area contributed by atoms with E-state index in [0.29, 0.717) is 6.47 Å². The number of hydrogen-bond donors (Lipinski definition) is 1. The summed E-state index contributed by atoms with van der Waals surface area (Å²) < 4.78 is 0. The molecule has 0 amide bonds. The quantitative estimate of drug-likeness (QED) is 0.558. The van der Waals surface area contributed by atoms with Gasteiger partial charge in [-0.15, -0.1) is 0 Å². The normalized spacial score (nSPS) is 6.57. The van der Waals surface area contributed by atoms with Crippen molar-refractivity contribution in [2.24, 2.45) is 0 Å². The van der Waals surface area contributed by atoms with Crippen molar-refractivity contribution in [3.8, 4) is 0 Å². The fourth-order valence-electron chi connectivity index (χ4n) is 0.642. The second-order valence-electron chi connectivity index (χ2n) is 2.02. The molecule has 0 saturated carbocycles. The summed E-state index contributed by atoms with van der Waals surface area (Å²) in [5.41, 5.74) is 0. The topological polar surface area (TPSA) is 37.3 Å². The van der Waals surface area contributed by atoms with Gasteiger partial charge in [0.2, 0.25) is 0 Å². The van der Waals surface area contributed by atoms with Crippen molar-refractivity contribution in [2.75, 3.05) is 0 Å². The molecule has 0 aliphatic rings. The predicted molar refractivity (Wildman–Crippen MR) is 52.4 cm³/mol. The van der Waals surface area contributed by atoms with Crippen LogP contribution in [0.15, 0.2) is 60.7 Å². The minimum absolute atomic E-state index is 0. The minimum Gasteiger partial charge on any atom is -0.665 e. The molecule has 0 aliphatic carbocycles. The van der Waals surface area contributed by atoms with Crippen LogP contribution in [-0.2, 0) is 21.9 Å². The standard InChI is InChI=1S/2C5H5.CHO2.Fe/c2*1-2-4-5-3-1;2-1-3;/h2*1-5H;(H,2,3);/q3*-1;+3. The molecule has 2 rings (SSSR count). The van der Waals surface area contributed by atoms with E-state index >= 15 is 0 Å². The van der Waals surface area contributed by atoms with Crippen LogP contribution in [0.25, 0.3) is 0 Å². The Hall–Kier alpha value is -1.31. The fraction of sp³-hybridized carbons (Fsp3) is 0. The summed E-state index contributed by atoms with van der Waals surface area (Å²) in [4.78, 5) is 8.24. The predicted octanol–water partition coefficient (Wildman–Crippen LogP) is 2.42. The molecule has 2 nitrogen and oxygen atoms in total. The average Bonchev–Trinajstić information content (AvgIpc) is 2.85. The van der Waals surface area contributed by atoms with Crippen LogP contribution < -0.4 is 0 Å². The number of hydrogen-bond acceptors (Lipinski definition) is 1. The molecule has 0 saturated heterocycles. The summed E-state index contributed by atoms with van der Waals surface area (Å²) in [6.07, 6.45) is 0. The van der Waals surface area contributed by atoms with E-state index in [2.05, 4.69) is 0 Å². The SMILES string of the molecule is O=[C-]O.[Fe+3].c1cc[cH-]c1.c1cc[cH-]c1. The maximum atomic E-state index is 8.24. The molecule has 2 aromatic rings. The van der Waals surface area contributed by atoms with Gasteiger partial charge in [0, 0.05) is 0 Å². The van der Waals surface area contributed by atoms with Crippen molar-refractivity contribution in [3.05, 3.63) is 60.7 Å². The molecule has 0 spiro atoms. The zero-order chi connectivity index (χ0) is 9.78. The van der Waals surface area contributed by atoms with Crippen LogP contribution in [0.4, 0.5) is 0 Å². The first kappa shape index (κ1) is 15.2. The first-order chi connectivity index (χ1) is 6.41. The van der Waals surface area contributed by atoms with Crippen LogP contribution >= 0.6 is 0 Å². The van der Waals surface area contributed by atoms with Crippen molar-refractivity contribution < 1.29 is 27.0 Å². The van der Waals surface area contributed by atoms with E-state index in [9.17, 15) is 0 Å². The Morgan fingerprint density at radius 2 is 1.07 bits per heavy atom. The molecule has 0 atom stereocenters. The van der Waals surface area contributed by atoms with Gasteiger partial charge < -0.3 is 9.90 Å². The van der Waals surface area contributed by atoms with E-state index in [4.69, 9.17) is 9.90 Å². The van der Waals surface area contributed by atoms with E-state index in [1.54, 1.807) is 0 Å². The molecule has 1 N–H and O–H groups in total. The first-order valence-electron chi connectivity index (χ1n) is 3.76. The molecular formula is C11H11FeO2. The van der Waals surface area contributed by atoms with Gasteiger partial charge in [-0.05, 0) is 0 Å². The van der Waals surface area contributed by atoms with Gasteiger partial charge >= 0.3 is 17.1 Å². The van der Waals surface area contributed by atoms with E-state index in [1.807, 2.05) is 60.7 Å². The maximum absolute atomic E-state index is 8.24. The Morgan fingerprint density at radius 1 is 0.857 bits per heavy atom. The Balaban J connectivity index is 0. The molecule has 75 valence electrons. The Morgan fingerprint density at radius 3 is 1.14 bits per heavy atom. The Labute approximate surface area is 94.4 Å². The number of aliphatic hydroxyl groups excluding tert-OH is 1. The Kier molecular flexibility index (Phi) is 15.4. The summed E-state index contributed by atoms with van der Waals surface area (Å²) in [5, 5.41) is 6.76. The van der Waals surface area contributed by atoms with Gasteiger partial charge in [-0.25, -0.2) is 24.3 Å². The third-order valence-corrected chi connectivity index (χ3v) is 1.11. The summed E-state index contributed by atoms with van der Waals surface area (Å²) in [6, 6.07) is 20.0. The zero-order valence-electron chi connectivity index (χ0n) is 7.48. The maximum Gasteiger partial charge on any atom is 3.00 e. The van der Waals surface area contributed by atoms with Gasteiger partial charge in [-0.1, -0.05) is 6.47 Å². The second kappa shape index (κ2) is 14.2. The van der Waals surface area contributed by atoms with Crippen molar-refractivity contribution >= 4 is 6.47 Å². The molecule has 2 aromatic carbocycles. The zero-order valence-corrected chi connectivity index (χ0v) is 8.59. The van der Waals surface area contributed by atoms with Gasteiger partial charge in [0.05, 0.1) is 0 Å². The smallest absolute Gasteiger partial charge is 0.665 e. The molecule has 0 bridgehead atoms. The summed E-state index contributed by atoms with van der Waals surface area (Å²) in [6.45, 7) is 0.500. The number of rotatable bonds is 0.